The molecule has 0 unspecified atom stereocenters. The predicted octanol–water partition coefficient (Wildman–Crippen LogP) is 5.07. The van der Waals surface area contributed by atoms with Crippen LogP contribution in [0.2, 0.25) is 0 Å². The van der Waals surface area contributed by atoms with Crippen LogP contribution in [0.4, 0.5) is 10.7 Å². The van der Waals surface area contributed by atoms with Crippen molar-refractivity contribution in [2.75, 3.05) is 6.61 Å². The van der Waals surface area contributed by atoms with E-state index in [4.69, 9.17) is 4.74 Å². The van der Waals surface area contributed by atoms with Gasteiger partial charge < -0.3 is 9.84 Å². The number of benzene rings is 2. The van der Waals surface area contributed by atoms with Gasteiger partial charge in [0.05, 0.1) is 23.3 Å². The Bertz CT molecular complexity index is 1040. The molecule has 0 atom stereocenters. The lowest BCUT2D eigenvalue weighted by molar-refractivity contribution is 0.340. The molecule has 0 fully saturated rings. The number of aromatic hydroxyl groups is 1. The van der Waals surface area contributed by atoms with E-state index in [0.29, 0.717) is 16.6 Å². The van der Waals surface area contributed by atoms with Gasteiger partial charge in [0.1, 0.15) is 5.75 Å². The maximum absolute atomic E-state index is 10.5. The Hall–Kier alpha value is -2.93. The highest BCUT2D eigenvalue weighted by atomic mass is 32.1. The topological polar surface area (TPSA) is 71.5 Å². The van der Waals surface area contributed by atoms with Gasteiger partial charge in [-0.25, -0.2) is 4.98 Å². The van der Waals surface area contributed by atoms with Crippen molar-refractivity contribution in [1.29, 1.82) is 0 Å². The number of imidazole rings is 1. The van der Waals surface area contributed by atoms with Gasteiger partial charge in [0.2, 0.25) is 10.9 Å². The number of hydrogen-bond donors (Lipinski definition) is 1. The van der Waals surface area contributed by atoms with E-state index in [1.165, 1.54) is 11.3 Å². The smallest absolute Gasteiger partial charge is 0.237 e. The van der Waals surface area contributed by atoms with Gasteiger partial charge in [-0.15, -0.1) is 10.2 Å². The van der Waals surface area contributed by atoms with Crippen molar-refractivity contribution in [3.8, 4) is 11.6 Å². The normalized spacial score (nSPS) is 11.7. The SMILES string of the molecule is CCOc1ccc2c(c1)nc1sc(N=Nc3ccccc3)c(O)n12. The minimum Gasteiger partial charge on any atom is -0.494 e. The van der Waals surface area contributed by atoms with E-state index in [-0.39, 0.29) is 5.88 Å². The molecule has 24 heavy (non-hydrogen) atoms. The molecule has 1 N–H and O–H groups in total. The second kappa shape index (κ2) is 5.93. The van der Waals surface area contributed by atoms with Gasteiger partial charge >= 0.3 is 0 Å². The number of nitrogens with zero attached hydrogens (tertiary/aromatic N) is 4. The van der Waals surface area contributed by atoms with E-state index in [9.17, 15) is 5.11 Å². The molecule has 0 aliphatic rings. The largest absolute Gasteiger partial charge is 0.494 e. The molecule has 0 saturated heterocycles. The van der Waals surface area contributed by atoms with E-state index in [0.717, 1.165) is 22.5 Å². The maximum atomic E-state index is 10.5. The van der Waals surface area contributed by atoms with Crippen LogP contribution in [0.25, 0.3) is 16.0 Å². The lowest BCUT2D eigenvalue weighted by atomic mass is 10.3. The summed E-state index contributed by atoms with van der Waals surface area (Å²) in [7, 11) is 0. The molecule has 4 rings (SSSR count). The second-order valence-electron chi connectivity index (χ2n) is 5.08. The zero-order valence-corrected chi connectivity index (χ0v) is 13.7. The van der Waals surface area contributed by atoms with Crippen molar-refractivity contribution in [1.82, 2.24) is 9.38 Å². The van der Waals surface area contributed by atoms with E-state index in [1.54, 1.807) is 4.40 Å². The van der Waals surface area contributed by atoms with E-state index < -0.39 is 0 Å². The Morgan fingerprint density at radius 2 is 2.00 bits per heavy atom. The molecule has 0 saturated carbocycles. The molecule has 6 nitrogen and oxygen atoms in total. The fourth-order valence-corrected chi connectivity index (χ4v) is 3.32. The molecular weight excluding hydrogens is 324 g/mol. The van der Waals surface area contributed by atoms with Gasteiger partial charge in [-0.05, 0) is 31.2 Å². The molecular formula is C17H14N4O2S. The molecule has 120 valence electrons. The van der Waals surface area contributed by atoms with Gasteiger partial charge in [-0.2, -0.15) is 0 Å². The van der Waals surface area contributed by atoms with Gasteiger partial charge in [0, 0.05) is 6.07 Å². The average molecular weight is 338 g/mol. The summed E-state index contributed by atoms with van der Waals surface area (Å²) in [6.07, 6.45) is 0. The fourth-order valence-electron chi connectivity index (χ4n) is 2.46. The number of aromatic nitrogens is 2. The highest BCUT2D eigenvalue weighted by Gasteiger charge is 2.16. The first-order valence-electron chi connectivity index (χ1n) is 7.50. The number of hydrogen-bond acceptors (Lipinski definition) is 6. The molecule has 4 aromatic rings. The van der Waals surface area contributed by atoms with Crippen LogP contribution in [0.3, 0.4) is 0 Å². The van der Waals surface area contributed by atoms with Crippen LogP contribution >= 0.6 is 11.3 Å². The molecule has 0 bridgehead atoms. The summed E-state index contributed by atoms with van der Waals surface area (Å²) in [6.45, 7) is 2.54. The molecule has 0 aliphatic carbocycles. The lowest BCUT2D eigenvalue weighted by Crippen LogP contribution is -1.90. The quantitative estimate of drug-likeness (QED) is 0.528. The molecule has 0 aliphatic heterocycles. The van der Waals surface area contributed by atoms with Crippen molar-refractivity contribution in [2.45, 2.75) is 6.92 Å². The second-order valence-corrected chi connectivity index (χ2v) is 6.04. The van der Waals surface area contributed by atoms with Gasteiger partial charge in [-0.1, -0.05) is 29.5 Å². The number of rotatable bonds is 4. The first kappa shape index (κ1) is 14.6. The Balaban J connectivity index is 1.77. The van der Waals surface area contributed by atoms with Gasteiger partial charge in [-0.3, -0.25) is 4.40 Å². The van der Waals surface area contributed by atoms with E-state index >= 15 is 0 Å². The molecule has 0 spiro atoms. The van der Waals surface area contributed by atoms with Crippen LogP contribution in [0.15, 0.2) is 58.8 Å². The van der Waals surface area contributed by atoms with Crippen molar-refractivity contribution in [3.63, 3.8) is 0 Å². The summed E-state index contributed by atoms with van der Waals surface area (Å²) < 4.78 is 7.16. The summed E-state index contributed by atoms with van der Waals surface area (Å²) in [6, 6.07) is 15.0. The first-order chi connectivity index (χ1) is 11.8. The monoisotopic (exact) mass is 338 g/mol. The molecule has 2 aromatic heterocycles. The van der Waals surface area contributed by atoms with Crippen molar-refractivity contribution in [3.05, 3.63) is 48.5 Å². The number of thiazole rings is 1. The predicted molar refractivity (Wildman–Crippen MR) is 94.0 cm³/mol. The molecule has 0 amide bonds. The Morgan fingerprint density at radius 3 is 2.79 bits per heavy atom. The zero-order valence-electron chi connectivity index (χ0n) is 12.9. The van der Waals surface area contributed by atoms with E-state index in [2.05, 4.69) is 15.2 Å². The van der Waals surface area contributed by atoms with Crippen molar-refractivity contribution < 1.29 is 9.84 Å². The summed E-state index contributed by atoms with van der Waals surface area (Å²) in [4.78, 5) is 5.20. The summed E-state index contributed by atoms with van der Waals surface area (Å²) in [5.41, 5.74) is 2.31. The van der Waals surface area contributed by atoms with E-state index in [1.807, 2.05) is 55.5 Å². The van der Waals surface area contributed by atoms with Crippen molar-refractivity contribution in [2.24, 2.45) is 10.2 Å². The third kappa shape index (κ3) is 2.48. The van der Waals surface area contributed by atoms with Crippen LogP contribution in [-0.2, 0) is 0 Å². The lowest BCUT2D eigenvalue weighted by Gasteiger charge is -2.01. The third-order valence-corrected chi connectivity index (χ3v) is 4.42. The van der Waals surface area contributed by atoms with Crippen LogP contribution in [0, 0.1) is 0 Å². The summed E-state index contributed by atoms with van der Waals surface area (Å²) in [5, 5.41) is 19.2. The number of ether oxygens (including phenoxy) is 1. The summed E-state index contributed by atoms with van der Waals surface area (Å²) >= 11 is 1.29. The zero-order chi connectivity index (χ0) is 16.5. The van der Waals surface area contributed by atoms with Crippen LogP contribution in [-0.4, -0.2) is 21.1 Å². The standard InChI is InChI=1S/C17H14N4O2S/c1-2-23-12-8-9-14-13(10-12)18-17-21(14)16(22)15(24-17)20-19-11-6-4-3-5-7-11/h3-10,22H,2H2,1H3. The maximum Gasteiger partial charge on any atom is 0.237 e. The minimum atomic E-state index is 0.0429. The first-order valence-corrected chi connectivity index (χ1v) is 8.31. The average Bonchev–Trinajstić information content (AvgIpc) is 3.10. The van der Waals surface area contributed by atoms with Crippen LogP contribution in [0.5, 0.6) is 11.6 Å². The Morgan fingerprint density at radius 1 is 1.17 bits per heavy atom. The molecule has 7 heteroatoms. The van der Waals surface area contributed by atoms with Gasteiger partial charge in [0.15, 0.2) is 4.96 Å². The van der Waals surface area contributed by atoms with Crippen LogP contribution < -0.4 is 4.74 Å². The van der Waals surface area contributed by atoms with Crippen LogP contribution in [0.1, 0.15) is 6.92 Å². The Labute approximate surface area is 141 Å². The number of fused-ring (bicyclic) bond motifs is 3. The molecule has 2 aromatic carbocycles. The minimum absolute atomic E-state index is 0.0429. The van der Waals surface area contributed by atoms with Crippen molar-refractivity contribution >= 4 is 38.0 Å². The van der Waals surface area contributed by atoms with Gasteiger partial charge in [0.25, 0.3) is 0 Å². The summed E-state index contributed by atoms with van der Waals surface area (Å²) in [5.74, 6) is 0.806. The Kier molecular flexibility index (Phi) is 3.62. The highest BCUT2D eigenvalue weighted by molar-refractivity contribution is 7.21. The third-order valence-electron chi connectivity index (χ3n) is 3.51. The molecule has 0 radical (unpaired) electrons. The fraction of sp³-hybridized carbons (Fsp3) is 0.118. The molecule has 2 heterocycles. The number of azo groups is 1. The highest BCUT2D eigenvalue weighted by Crippen LogP contribution is 2.40.